The first-order valence-corrected chi connectivity index (χ1v) is 15.2. The van der Waals surface area contributed by atoms with Crippen LogP contribution in [0.1, 0.15) is 155 Å². The lowest BCUT2D eigenvalue weighted by atomic mass is 10.1. The predicted molar refractivity (Wildman–Crippen MR) is 143 cm³/mol. The zero-order chi connectivity index (χ0) is 22.8. The van der Waals surface area contributed by atoms with Crippen LogP contribution in [0, 0.1) is 0 Å². The lowest BCUT2D eigenvalue weighted by Crippen LogP contribution is -2.32. The Bertz CT molecular complexity index is 339. The molecular formula is C28H56BrNO. The van der Waals surface area contributed by atoms with E-state index in [1.165, 1.54) is 128 Å². The van der Waals surface area contributed by atoms with Crippen molar-refractivity contribution < 1.29 is 4.79 Å². The van der Waals surface area contributed by atoms with E-state index in [1.807, 2.05) is 0 Å². The third-order valence-electron chi connectivity index (χ3n) is 6.44. The van der Waals surface area contributed by atoms with E-state index in [2.05, 4.69) is 34.7 Å². The minimum atomic E-state index is 0.411. The molecular weight excluding hydrogens is 446 g/mol. The number of amides is 1. The van der Waals surface area contributed by atoms with Gasteiger partial charge in [0.1, 0.15) is 0 Å². The van der Waals surface area contributed by atoms with Gasteiger partial charge in [-0.1, -0.05) is 139 Å². The minimum Gasteiger partial charge on any atom is -0.343 e. The normalized spacial score (nSPS) is 11.2. The highest BCUT2D eigenvalue weighted by Crippen LogP contribution is 2.13. The third kappa shape index (κ3) is 22.9. The monoisotopic (exact) mass is 501 g/mol. The highest BCUT2D eigenvalue weighted by molar-refractivity contribution is 9.09. The van der Waals surface area contributed by atoms with Gasteiger partial charge in [-0.2, -0.15) is 0 Å². The number of nitrogens with zero attached hydrogens (tertiary/aromatic N) is 1. The standard InChI is InChI=1S/C28H56BrNO/c1-3-5-7-9-11-13-15-17-22-26-30(28(31)24-20-19-21-25-29)27-23-18-16-14-12-10-8-6-4-2/h3-27H2,1-2H3. The summed E-state index contributed by atoms with van der Waals surface area (Å²) >= 11 is 3.49. The Hall–Kier alpha value is -0.0500. The van der Waals surface area contributed by atoms with E-state index < -0.39 is 0 Å². The Morgan fingerprint density at radius 2 is 0.871 bits per heavy atom. The van der Waals surface area contributed by atoms with E-state index in [0.29, 0.717) is 5.91 Å². The molecule has 1 amide bonds. The largest absolute Gasteiger partial charge is 0.343 e. The Labute approximate surface area is 204 Å². The van der Waals surface area contributed by atoms with Crippen molar-refractivity contribution in [3.63, 3.8) is 0 Å². The molecule has 0 aromatic heterocycles. The molecule has 0 radical (unpaired) electrons. The summed E-state index contributed by atoms with van der Waals surface area (Å²) in [5.41, 5.74) is 0. The second-order valence-corrected chi connectivity index (χ2v) is 10.3. The number of carbonyl (C=O) groups is 1. The van der Waals surface area contributed by atoms with Gasteiger partial charge in [-0.15, -0.1) is 0 Å². The van der Waals surface area contributed by atoms with Crippen molar-refractivity contribution >= 4 is 21.8 Å². The van der Waals surface area contributed by atoms with Crippen LogP contribution in [0.4, 0.5) is 0 Å². The van der Waals surface area contributed by atoms with Gasteiger partial charge in [-0.05, 0) is 25.7 Å². The van der Waals surface area contributed by atoms with Crippen LogP contribution in [-0.4, -0.2) is 29.2 Å². The molecule has 0 saturated heterocycles. The molecule has 0 bridgehead atoms. The molecule has 0 aromatic carbocycles. The summed E-state index contributed by atoms with van der Waals surface area (Å²) in [6, 6.07) is 0. The van der Waals surface area contributed by atoms with Gasteiger partial charge in [-0.3, -0.25) is 4.79 Å². The van der Waals surface area contributed by atoms with Crippen molar-refractivity contribution in [1.82, 2.24) is 4.90 Å². The van der Waals surface area contributed by atoms with Gasteiger partial charge in [0.15, 0.2) is 0 Å². The molecule has 186 valence electrons. The van der Waals surface area contributed by atoms with Gasteiger partial charge < -0.3 is 4.90 Å². The molecule has 3 heteroatoms. The fourth-order valence-electron chi connectivity index (χ4n) is 4.29. The summed E-state index contributed by atoms with van der Waals surface area (Å²) in [5, 5.41) is 1.06. The molecule has 0 aliphatic carbocycles. The molecule has 0 aliphatic heterocycles. The molecule has 0 saturated carbocycles. The fourth-order valence-corrected chi connectivity index (χ4v) is 4.69. The van der Waals surface area contributed by atoms with E-state index in [4.69, 9.17) is 0 Å². The third-order valence-corrected chi connectivity index (χ3v) is 7.00. The van der Waals surface area contributed by atoms with Gasteiger partial charge in [0.25, 0.3) is 0 Å². The van der Waals surface area contributed by atoms with E-state index >= 15 is 0 Å². The highest BCUT2D eigenvalue weighted by Gasteiger charge is 2.12. The van der Waals surface area contributed by atoms with Crippen molar-refractivity contribution in [2.24, 2.45) is 0 Å². The van der Waals surface area contributed by atoms with Gasteiger partial charge in [-0.25, -0.2) is 0 Å². The van der Waals surface area contributed by atoms with Gasteiger partial charge in [0.05, 0.1) is 0 Å². The first-order chi connectivity index (χ1) is 15.3. The van der Waals surface area contributed by atoms with Crippen LogP contribution in [0.5, 0.6) is 0 Å². The Morgan fingerprint density at radius 1 is 0.516 bits per heavy atom. The summed E-state index contributed by atoms with van der Waals surface area (Å²) < 4.78 is 0. The molecule has 31 heavy (non-hydrogen) atoms. The van der Waals surface area contributed by atoms with E-state index in [0.717, 1.165) is 31.3 Å². The molecule has 0 unspecified atom stereocenters. The number of hydrogen-bond acceptors (Lipinski definition) is 1. The number of alkyl halides is 1. The van der Waals surface area contributed by atoms with E-state index in [1.54, 1.807) is 0 Å². The zero-order valence-corrected chi connectivity index (χ0v) is 23.0. The predicted octanol–water partition coefficient (Wildman–Crippen LogP) is 9.83. The minimum absolute atomic E-state index is 0.411. The average molecular weight is 503 g/mol. The highest BCUT2D eigenvalue weighted by atomic mass is 79.9. The van der Waals surface area contributed by atoms with Crippen molar-refractivity contribution in [3.8, 4) is 0 Å². The van der Waals surface area contributed by atoms with Crippen LogP contribution in [-0.2, 0) is 4.79 Å². The lowest BCUT2D eigenvalue weighted by molar-refractivity contribution is -0.131. The van der Waals surface area contributed by atoms with Gasteiger partial charge in [0.2, 0.25) is 5.91 Å². The molecule has 2 nitrogen and oxygen atoms in total. The zero-order valence-electron chi connectivity index (χ0n) is 21.4. The smallest absolute Gasteiger partial charge is 0.222 e. The lowest BCUT2D eigenvalue weighted by Gasteiger charge is -2.23. The first kappa shape index (κ1) is 30.9. The Morgan fingerprint density at radius 3 is 1.26 bits per heavy atom. The number of carbonyl (C=O) groups excluding carboxylic acids is 1. The van der Waals surface area contributed by atoms with Crippen molar-refractivity contribution in [3.05, 3.63) is 0 Å². The quantitative estimate of drug-likeness (QED) is 0.0898. The number of halogens is 1. The van der Waals surface area contributed by atoms with Crippen LogP contribution < -0.4 is 0 Å². The summed E-state index contributed by atoms with van der Waals surface area (Å²) in [6.45, 7) is 6.54. The summed E-state index contributed by atoms with van der Waals surface area (Å²) in [5.74, 6) is 0.411. The molecule has 0 aromatic rings. The summed E-state index contributed by atoms with van der Waals surface area (Å²) in [4.78, 5) is 15.0. The van der Waals surface area contributed by atoms with Crippen LogP contribution >= 0.6 is 15.9 Å². The van der Waals surface area contributed by atoms with Crippen LogP contribution in [0.15, 0.2) is 0 Å². The fraction of sp³-hybridized carbons (Fsp3) is 0.964. The van der Waals surface area contributed by atoms with Crippen LogP contribution in [0.25, 0.3) is 0 Å². The Kier molecular flexibility index (Phi) is 26.2. The maximum Gasteiger partial charge on any atom is 0.222 e. The first-order valence-electron chi connectivity index (χ1n) is 14.1. The Balaban J connectivity index is 3.96. The number of rotatable bonds is 25. The topological polar surface area (TPSA) is 20.3 Å². The number of unbranched alkanes of at least 4 members (excludes halogenated alkanes) is 18. The van der Waals surface area contributed by atoms with Crippen molar-refractivity contribution in [2.75, 3.05) is 18.4 Å². The molecule has 0 N–H and O–H groups in total. The maximum atomic E-state index is 12.8. The SMILES string of the molecule is CCCCCCCCCCCN(CCCCCCCCCCC)C(=O)CCCCCBr. The molecule has 0 aliphatic rings. The van der Waals surface area contributed by atoms with Gasteiger partial charge in [0, 0.05) is 24.8 Å². The second kappa shape index (κ2) is 26.2. The summed E-state index contributed by atoms with van der Waals surface area (Å²) in [6.07, 6.45) is 28.5. The molecule has 0 rings (SSSR count). The number of hydrogen-bond donors (Lipinski definition) is 0. The summed E-state index contributed by atoms with van der Waals surface area (Å²) in [7, 11) is 0. The maximum absolute atomic E-state index is 12.8. The van der Waals surface area contributed by atoms with E-state index in [9.17, 15) is 4.79 Å². The molecule has 0 heterocycles. The average Bonchev–Trinajstić information content (AvgIpc) is 2.78. The molecule has 0 fully saturated rings. The van der Waals surface area contributed by atoms with Crippen LogP contribution in [0.2, 0.25) is 0 Å². The van der Waals surface area contributed by atoms with Crippen molar-refractivity contribution in [1.29, 1.82) is 0 Å². The van der Waals surface area contributed by atoms with Crippen molar-refractivity contribution in [2.45, 2.75) is 155 Å². The van der Waals surface area contributed by atoms with Crippen LogP contribution in [0.3, 0.4) is 0 Å². The van der Waals surface area contributed by atoms with Gasteiger partial charge >= 0.3 is 0 Å². The van der Waals surface area contributed by atoms with E-state index in [-0.39, 0.29) is 0 Å². The molecule has 0 atom stereocenters. The molecule has 0 spiro atoms. The second-order valence-electron chi connectivity index (χ2n) is 9.54.